The summed E-state index contributed by atoms with van der Waals surface area (Å²) < 4.78 is 39.2. The van der Waals surface area contributed by atoms with Gasteiger partial charge in [-0.2, -0.15) is 0 Å². The smallest absolute Gasteiger partial charge is 0.371 e. The van der Waals surface area contributed by atoms with Crippen LogP contribution in [0.1, 0.15) is 45.3 Å². The van der Waals surface area contributed by atoms with Gasteiger partial charge in [-0.1, -0.05) is 18.2 Å². The highest BCUT2D eigenvalue weighted by Crippen LogP contribution is 2.39. The normalized spacial score (nSPS) is 12.6. The number of fused-ring (bicyclic) bond motifs is 3. The number of carboxylic acid groups (broad SMARTS) is 1. The maximum absolute atomic E-state index is 14.6. The van der Waals surface area contributed by atoms with Crippen LogP contribution in [-0.2, 0) is 33.5 Å². The Morgan fingerprint density at radius 1 is 1.22 bits per heavy atom. The fourth-order valence-electron chi connectivity index (χ4n) is 4.28. The van der Waals surface area contributed by atoms with E-state index < -0.39 is 34.8 Å². The predicted molar refractivity (Wildman–Crippen MR) is 137 cm³/mol. The molecule has 0 radical (unpaired) electrons. The number of methoxy groups -OCH3 is 1. The van der Waals surface area contributed by atoms with Gasteiger partial charge in [0.15, 0.2) is 5.13 Å². The van der Waals surface area contributed by atoms with E-state index in [-0.39, 0.29) is 5.56 Å². The SMILES string of the molecule is CCOCCCc1cccc2c1CCc1sc(NC(=O)c3cc(F)c(/C=C(/OC)C(=O)O)c(F)c3)nc1-2. The summed E-state index contributed by atoms with van der Waals surface area (Å²) in [6.07, 6.45) is 4.22. The Balaban J connectivity index is 1.54. The molecule has 37 heavy (non-hydrogen) atoms. The number of hydrogen-bond acceptors (Lipinski definition) is 6. The molecule has 0 spiro atoms. The molecule has 2 aromatic carbocycles. The molecule has 0 saturated heterocycles. The number of anilines is 1. The molecule has 0 aliphatic heterocycles. The quantitative estimate of drug-likeness (QED) is 0.205. The number of aromatic nitrogens is 1. The molecule has 1 aliphatic rings. The molecule has 3 aromatic rings. The molecule has 0 unspecified atom stereocenters. The zero-order chi connectivity index (χ0) is 26.5. The summed E-state index contributed by atoms with van der Waals surface area (Å²) in [5, 5.41) is 12.0. The van der Waals surface area contributed by atoms with Gasteiger partial charge in [0.1, 0.15) is 11.6 Å². The van der Waals surface area contributed by atoms with Crippen molar-refractivity contribution in [2.45, 2.75) is 32.6 Å². The Morgan fingerprint density at radius 2 is 1.97 bits per heavy atom. The zero-order valence-corrected chi connectivity index (χ0v) is 21.2. The van der Waals surface area contributed by atoms with Gasteiger partial charge in [-0.05, 0) is 55.9 Å². The molecule has 0 bridgehead atoms. The van der Waals surface area contributed by atoms with Crippen LogP contribution in [0, 0.1) is 11.6 Å². The second-order valence-electron chi connectivity index (χ2n) is 8.36. The van der Waals surface area contributed by atoms with E-state index in [0.29, 0.717) is 18.3 Å². The molecule has 194 valence electrons. The van der Waals surface area contributed by atoms with Crippen molar-refractivity contribution in [2.75, 3.05) is 25.6 Å². The summed E-state index contributed by atoms with van der Waals surface area (Å²) in [5.74, 6) is -5.03. The van der Waals surface area contributed by atoms with E-state index >= 15 is 0 Å². The monoisotopic (exact) mass is 528 g/mol. The van der Waals surface area contributed by atoms with Gasteiger partial charge in [0.2, 0.25) is 5.76 Å². The van der Waals surface area contributed by atoms with Crippen LogP contribution < -0.4 is 5.32 Å². The van der Waals surface area contributed by atoms with E-state index in [9.17, 15) is 18.4 Å². The lowest BCUT2D eigenvalue weighted by atomic mass is 9.88. The number of ether oxygens (including phenoxy) is 2. The molecule has 0 atom stereocenters. The number of carboxylic acids is 1. The van der Waals surface area contributed by atoms with Crippen molar-refractivity contribution in [2.24, 2.45) is 0 Å². The van der Waals surface area contributed by atoms with Crippen LogP contribution in [0.5, 0.6) is 0 Å². The second kappa shape index (κ2) is 11.6. The van der Waals surface area contributed by atoms with Crippen LogP contribution in [-0.4, -0.2) is 42.3 Å². The van der Waals surface area contributed by atoms with Gasteiger partial charge in [-0.25, -0.2) is 18.6 Å². The molecule has 0 saturated carbocycles. The lowest BCUT2D eigenvalue weighted by Crippen LogP contribution is -2.13. The van der Waals surface area contributed by atoms with Crippen LogP contribution in [0.3, 0.4) is 0 Å². The fourth-order valence-corrected chi connectivity index (χ4v) is 5.25. The second-order valence-corrected chi connectivity index (χ2v) is 9.44. The number of halogens is 2. The molecule has 4 rings (SSSR count). The fraction of sp³-hybridized carbons (Fsp3) is 0.296. The number of hydrogen-bond donors (Lipinski definition) is 2. The van der Waals surface area contributed by atoms with Gasteiger partial charge in [0.05, 0.1) is 12.8 Å². The summed E-state index contributed by atoms with van der Waals surface area (Å²) >= 11 is 1.34. The minimum atomic E-state index is -1.48. The number of rotatable bonds is 10. The number of carbonyl (C=O) groups excluding carboxylic acids is 1. The van der Waals surface area contributed by atoms with Gasteiger partial charge in [0.25, 0.3) is 5.91 Å². The zero-order valence-electron chi connectivity index (χ0n) is 20.4. The van der Waals surface area contributed by atoms with E-state index in [1.807, 2.05) is 19.1 Å². The third-order valence-electron chi connectivity index (χ3n) is 6.03. The number of thiazole rings is 1. The van der Waals surface area contributed by atoms with Crippen molar-refractivity contribution < 1.29 is 33.0 Å². The van der Waals surface area contributed by atoms with Gasteiger partial charge >= 0.3 is 5.97 Å². The molecular formula is C27H26F2N2O5S. The summed E-state index contributed by atoms with van der Waals surface area (Å²) in [6.45, 7) is 3.39. The van der Waals surface area contributed by atoms with E-state index in [1.165, 1.54) is 22.5 Å². The van der Waals surface area contributed by atoms with Crippen LogP contribution in [0.25, 0.3) is 17.3 Å². The topological polar surface area (TPSA) is 97.8 Å². The maximum atomic E-state index is 14.6. The summed E-state index contributed by atoms with van der Waals surface area (Å²) in [4.78, 5) is 29.5. The van der Waals surface area contributed by atoms with Gasteiger partial charge in [-0.15, -0.1) is 11.3 Å². The molecule has 0 fully saturated rings. The van der Waals surface area contributed by atoms with Crippen molar-refractivity contribution in [3.8, 4) is 11.3 Å². The first-order chi connectivity index (χ1) is 17.8. The summed E-state index contributed by atoms with van der Waals surface area (Å²) in [5.41, 5.74) is 3.49. The molecule has 1 aliphatic carbocycles. The average molecular weight is 529 g/mol. The Bertz CT molecular complexity index is 1350. The molecule has 7 nitrogen and oxygen atoms in total. The standard InChI is InChI=1S/C27H26F2N2O5S/c1-3-36-11-5-7-15-6-4-8-18-17(15)9-10-23-24(18)30-27(37-23)31-25(32)16-12-20(28)19(21(29)13-16)14-22(35-2)26(33)34/h4,6,8,12-14H,3,5,7,9-11H2,1-2H3,(H,33,34)(H,30,31,32)/b22-14+. The number of nitrogens with zero attached hydrogens (tertiary/aromatic N) is 1. The van der Waals surface area contributed by atoms with Crippen molar-refractivity contribution in [1.82, 2.24) is 4.98 Å². The van der Waals surface area contributed by atoms with Crippen LogP contribution in [0.2, 0.25) is 0 Å². The third-order valence-corrected chi connectivity index (χ3v) is 7.06. The molecular weight excluding hydrogens is 502 g/mol. The van der Waals surface area contributed by atoms with Crippen molar-refractivity contribution in [3.05, 3.63) is 74.9 Å². The first kappa shape index (κ1) is 26.4. The van der Waals surface area contributed by atoms with Crippen molar-refractivity contribution in [3.63, 3.8) is 0 Å². The first-order valence-corrected chi connectivity index (χ1v) is 12.6. The summed E-state index contributed by atoms with van der Waals surface area (Å²) in [6, 6.07) is 7.84. The molecule has 1 heterocycles. The van der Waals surface area contributed by atoms with Crippen LogP contribution in [0.4, 0.5) is 13.9 Å². The number of aliphatic carboxylic acids is 1. The highest BCUT2D eigenvalue weighted by Gasteiger charge is 2.24. The lowest BCUT2D eigenvalue weighted by Gasteiger charge is -2.18. The molecule has 1 amide bonds. The lowest BCUT2D eigenvalue weighted by molar-refractivity contribution is -0.135. The van der Waals surface area contributed by atoms with E-state index in [1.54, 1.807) is 0 Å². The number of amides is 1. The van der Waals surface area contributed by atoms with Gasteiger partial charge in [-0.3, -0.25) is 10.1 Å². The summed E-state index contributed by atoms with van der Waals surface area (Å²) in [7, 11) is 1.08. The van der Waals surface area contributed by atoms with E-state index in [2.05, 4.69) is 21.1 Å². The highest BCUT2D eigenvalue weighted by molar-refractivity contribution is 7.16. The third kappa shape index (κ3) is 5.86. The van der Waals surface area contributed by atoms with E-state index in [4.69, 9.17) is 9.84 Å². The number of aryl methyl sites for hydroxylation is 2. The largest absolute Gasteiger partial charge is 0.490 e. The number of nitrogens with one attached hydrogen (secondary N) is 1. The van der Waals surface area contributed by atoms with Crippen LogP contribution >= 0.6 is 11.3 Å². The first-order valence-electron chi connectivity index (χ1n) is 11.8. The Labute approximate surface area is 216 Å². The Morgan fingerprint density at radius 3 is 2.65 bits per heavy atom. The highest BCUT2D eigenvalue weighted by atomic mass is 32.1. The minimum Gasteiger partial charge on any atom is -0.490 e. The van der Waals surface area contributed by atoms with Gasteiger partial charge < -0.3 is 14.6 Å². The maximum Gasteiger partial charge on any atom is 0.371 e. The average Bonchev–Trinajstić information content (AvgIpc) is 3.29. The van der Waals surface area contributed by atoms with E-state index in [0.717, 1.165) is 67.1 Å². The van der Waals surface area contributed by atoms with Crippen LogP contribution in [0.15, 0.2) is 36.1 Å². The minimum absolute atomic E-state index is 0.258. The predicted octanol–water partition coefficient (Wildman–Crippen LogP) is 5.48. The molecule has 2 N–H and O–H groups in total. The molecule has 10 heteroatoms. The molecule has 1 aromatic heterocycles. The number of benzene rings is 2. The van der Waals surface area contributed by atoms with Gasteiger partial charge in [0, 0.05) is 40.9 Å². The van der Waals surface area contributed by atoms with Crippen molar-refractivity contribution >= 4 is 34.4 Å². The Hall–Kier alpha value is -3.63. The Kier molecular flexibility index (Phi) is 8.30. The number of carbonyl (C=O) groups is 2. The van der Waals surface area contributed by atoms with Crippen molar-refractivity contribution in [1.29, 1.82) is 0 Å².